The van der Waals surface area contributed by atoms with Crippen LogP contribution in [0, 0.1) is 23.5 Å². The van der Waals surface area contributed by atoms with Gasteiger partial charge in [-0.3, -0.25) is 0 Å². The molecule has 1 atom stereocenters. The van der Waals surface area contributed by atoms with Crippen LogP contribution in [-0.2, 0) is 0 Å². The number of hydrogen-bond donors (Lipinski definition) is 1. The number of halogens is 3. The van der Waals surface area contributed by atoms with Crippen molar-refractivity contribution in [2.75, 3.05) is 43.4 Å². The number of hydrogen-bond acceptors (Lipinski definition) is 5. The first-order chi connectivity index (χ1) is 12.4. The van der Waals surface area contributed by atoms with E-state index in [0.29, 0.717) is 19.0 Å². The van der Waals surface area contributed by atoms with Crippen LogP contribution < -0.4 is 9.62 Å². The molecule has 26 heavy (non-hydrogen) atoms. The molecule has 1 N–H and O–H groups in total. The van der Waals surface area contributed by atoms with Crippen molar-refractivity contribution in [3.63, 3.8) is 0 Å². The summed E-state index contributed by atoms with van der Waals surface area (Å²) in [7, 11) is 4.02. The summed E-state index contributed by atoms with van der Waals surface area (Å²) in [6.45, 7) is 2.36. The van der Waals surface area contributed by atoms with Crippen molar-refractivity contribution in [1.82, 2.24) is 9.88 Å². The van der Waals surface area contributed by atoms with Gasteiger partial charge in [0, 0.05) is 25.7 Å². The number of rotatable bonds is 6. The van der Waals surface area contributed by atoms with Crippen LogP contribution in [0.15, 0.2) is 35.2 Å². The number of benzene rings is 1. The van der Waals surface area contributed by atoms with E-state index in [1.165, 1.54) is 24.3 Å². The molecule has 8 heteroatoms. The van der Waals surface area contributed by atoms with E-state index in [1.807, 2.05) is 19.0 Å². The molecule has 2 aromatic rings. The Hall–Kier alpha value is -1.93. The minimum Gasteiger partial charge on any atom is -0.369 e. The number of nitrogens with zero attached hydrogens (tertiary/aromatic N) is 3. The molecule has 0 spiro atoms. The molecule has 0 radical (unpaired) electrons. The SMILES string of the molecule is CN(C)C[C@@H]1CCN(c2cc(F)c(SNc3cccc(F)n3)cc2F)C1. The second kappa shape index (κ2) is 8.18. The van der Waals surface area contributed by atoms with E-state index in [9.17, 15) is 13.2 Å². The van der Waals surface area contributed by atoms with Gasteiger partial charge in [-0.1, -0.05) is 6.07 Å². The van der Waals surface area contributed by atoms with Gasteiger partial charge in [-0.05, 0) is 56.6 Å². The van der Waals surface area contributed by atoms with E-state index in [1.54, 1.807) is 6.07 Å². The monoisotopic (exact) mass is 382 g/mol. The Labute approximate surface area is 155 Å². The lowest BCUT2D eigenvalue weighted by molar-refractivity contribution is 0.340. The van der Waals surface area contributed by atoms with Gasteiger partial charge in [-0.15, -0.1) is 0 Å². The Morgan fingerprint density at radius 2 is 2.04 bits per heavy atom. The van der Waals surface area contributed by atoms with Crippen molar-refractivity contribution < 1.29 is 13.2 Å². The third-order valence-corrected chi connectivity index (χ3v) is 5.08. The molecule has 2 heterocycles. The summed E-state index contributed by atoms with van der Waals surface area (Å²) in [6, 6.07) is 6.65. The Morgan fingerprint density at radius 1 is 1.23 bits per heavy atom. The molecule has 1 aromatic carbocycles. The molecule has 140 valence electrons. The normalized spacial score (nSPS) is 17.2. The molecule has 0 unspecified atom stereocenters. The van der Waals surface area contributed by atoms with Crippen LogP contribution in [0.2, 0.25) is 0 Å². The largest absolute Gasteiger partial charge is 0.369 e. The minimum absolute atomic E-state index is 0.0985. The van der Waals surface area contributed by atoms with Crippen LogP contribution >= 0.6 is 11.9 Å². The standard InChI is InChI=1S/C18H21F3N4S/c1-24(2)10-12-6-7-25(11-12)15-8-14(20)16(9-13(15)19)26-23-18-5-3-4-17(21)22-18/h3-5,8-9,12H,6-7,10-11H2,1-2H3,(H,22,23)/t12-/m0/s1. The van der Waals surface area contributed by atoms with Crippen LogP contribution in [0.1, 0.15) is 6.42 Å². The van der Waals surface area contributed by atoms with E-state index in [4.69, 9.17) is 0 Å². The Balaban J connectivity index is 1.68. The van der Waals surface area contributed by atoms with Gasteiger partial charge in [-0.25, -0.2) is 13.8 Å². The average molecular weight is 382 g/mol. The molecular formula is C18H21F3N4S. The third-order valence-electron chi connectivity index (χ3n) is 4.23. The minimum atomic E-state index is -0.640. The molecule has 1 aliphatic heterocycles. The summed E-state index contributed by atoms with van der Waals surface area (Å²) < 4.78 is 44.7. The lowest BCUT2D eigenvalue weighted by atomic mass is 10.1. The summed E-state index contributed by atoms with van der Waals surface area (Å²) in [5.74, 6) is -0.939. The quantitative estimate of drug-likeness (QED) is 0.603. The zero-order chi connectivity index (χ0) is 18.7. The molecule has 0 bridgehead atoms. The highest BCUT2D eigenvalue weighted by atomic mass is 32.2. The van der Waals surface area contributed by atoms with Crippen LogP contribution in [0.3, 0.4) is 0 Å². The van der Waals surface area contributed by atoms with Crippen molar-refractivity contribution in [2.45, 2.75) is 11.3 Å². The van der Waals surface area contributed by atoms with Crippen LogP contribution in [0.25, 0.3) is 0 Å². The van der Waals surface area contributed by atoms with Crippen LogP contribution in [0.4, 0.5) is 24.7 Å². The van der Waals surface area contributed by atoms with Crippen molar-refractivity contribution >= 4 is 23.5 Å². The maximum absolute atomic E-state index is 14.5. The first kappa shape index (κ1) is 18.8. The summed E-state index contributed by atoms with van der Waals surface area (Å²) in [5.41, 5.74) is 0.289. The number of aromatic nitrogens is 1. The number of nitrogens with one attached hydrogen (secondary N) is 1. The lowest BCUT2D eigenvalue weighted by Gasteiger charge is -2.21. The van der Waals surface area contributed by atoms with Crippen molar-refractivity contribution in [3.05, 3.63) is 47.9 Å². The van der Waals surface area contributed by atoms with Crippen LogP contribution in [0.5, 0.6) is 0 Å². The summed E-state index contributed by atoms with van der Waals surface area (Å²) >= 11 is 0.864. The van der Waals surface area contributed by atoms with Gasteiger partial charge in [0.2, 0.25) is 5.95 Å². The highest BCUT2D eigenvalue weighted by Crippen LogP contribution is 2.32. The maximum atomic E-state index is 14.5. The predicted molar refractivity (Wildman–Crippen MR) is 98.9 cm³/mol. The molecule has 0 aliphatic carbocycles. The van der Waals surface area contributed by atoms with Gasteiger partial charge in [0.05, 0.1) is 10.6 Å². The highest BCUT2D eigenvalue weighted by Gasteiger charge is 2.26. The van der Waals surface area contributed by atoms with E-state index in [-0.39, 0.29) is 16.4 Å². The zero-order valence-corrected chi connectivity index (χ0v) is 15.5. The number of anilines is 2. The second-order valence-electron chi connectivity index (χ2n) is 6.65. The molecule has 1 aliphatic rings. The molecule has 1 fully saturated rings. The predicted octanol–water partition coefficient (Wildman–Crippen LogP) is 4.01. The molecule has 3 rings (SSSR count). The lowest BCUT2D eigenvalue weighted by Crippen LogP contribution is -2.26. The molecule has 1 aromatic heterocycles. The van der Waals surface area contributed by atoms with E-state index >= 15 is 0 Å². The maximum Gasteiger partial charge on any atom is 0.214 e. The van der Waals surface area contributed by atoms with E-state index in [2.05, 4.69) is 14.6 Å². The fourth-order valence-corrected chi connectivity index (χ4v) is 3.77. The summed E-state index contributed by atoms with van der Waals surface area (Å²) in [6.07, 6.45) is 0.961. The molecular weight excluding hydrogens is 361 g/mol. The van der Waals surface area contributed by atoms with Gasteiger partial charge in [0.1, 0.15) is 17.5 Å². The van der Waals surface area contributed by atoms with Crippen molar-refractivity contribution in [2.24, 2.45) is 5.92 Å². The van der Waals surface area contributed by atoms with Gasteiger partial charge >= 0.3 is 0 Å². The molecule has 4 nitrogen and oxygen atoms in total. The topological polar surface area (TPSA) is 31.4 Å². The smallest absolute Gasteiger partial charge is 0.214 e. The summed E-state index contributed by atoms with van der Waals surface area (Å²) in [5, 5.41) is 0. The highest BCUT2D eigenvalue weighted by molar-refractivity contribution is 8.00. The van der Waals surface area contributed by atoms with Crippen molar-refractivity contribution in [3.8, 4) is 0 Å². The first-order valence-corrected chi connectivity index (χ1v) is 9.18. The van der Waals surface area contributed by atoms with E-state index in [0.717, 1.165) is 24.9 Å². The van der Waals surface area contributed by atoms with Gasteiger partial charge < -0.3 is 14.5 Å². The van der Waals surface area contributed by atoms with Crippen molar-refractivity contribution in [1.29, 1.82) is 0 Å². The first-order valence-electron chi connectivity index (χ1n) is 8.36. The Kier molecular flexibility index (Phi) is 5.93. The van der Waals surface area contributed by atoms with Crippen LogP contribution in [-0.4, -0.2) is 43.6 Å². The van der Waals surface area contributed by atoms with Gasteiger partial charge in [-0.2, -0.15) is 4.39 Å². The molecule has 0 amide bonds. The average Bonchev–Trinajstić information content (AvgIpc) is 3.02. The fraction of sp³-hybridized carbons (Fsp3) is 0.389. The number of pyridine rings is 1. The third kappa shape index (κ3) is 4.62. The second-order valence-corrected chi connectivity index (χ2v) is 7.49. The fourth-order valence-electron chi connectivity index (χ4n) is 3.13. The molecule has 1 saturated heterocycles. The Bertz CT molecular complexity index is 772. The van der Waals surface area contributed by atoms with Gasteiger partial charge in [0.15, 0.2) is 0 Å². The zero-order valence-electron chi connectivity index (χ0n) is 14.7. The molecule has 0 saturated carbocycles. The van der Waals surface area contributed by atoms with E-state index < -0.39 is 17.6 Å². The van der Waals surface area contributed by atoms with Gasteiger partial charge in [0.25, 0.3) is 0 Å². The summed E-state index contributed by atoms with van der Waals surface area (Å²) in [4.78, 5) is 7.72. The Morgan fingerprint density at radius 3 is 2.77 bits per heavy atom.